The maximum Gasteiger partial charge on any atom is 0.271 e. The highest BCUT2D eigenvalue weighted by Crippen LogP contribution is 2.22. The molecule has 1 amide bonds. The van der Waals surface area contributed by atoms with Gasteiger partial charge in [0.2, 0.25) is 0 Å². The van der Waals surface area contributed by atoms with E-state index in [0.717, 1.165) is 12.1 Å². The highest BCUT2D eigenvalue weighted by atomic mass is 16.2. The molecule has 0 radical (unpaired) electrons. The molecule has 20 heavy (non-hydrogen) atoms. The zero-order chi connectivity index (χ0) is 15.3. The average Bonchev–Trinajstić information content (AvgIpc) is 2.42. The summed E-state index contributed by atoms with van der Waals surface area (Å²) in [4.78, 5) is 12.0. The van der Waals surface area contributed by atoms with Crippen LogP contribution in [0.2, 0.25) is 0 Å². The Morgan fingerprint density at radius 3 is 2.25 bits per heavy atom. The van der Waals surface area contributed by atoms with Gasteiger partial charge in [-0.25, -0.2) is 5.43 Å². The fraction of sp³-hybridized carbons (Fsp3) is 0.529. The Balaban J connectivity index is 2.74. The Hall–Kier alpha value is -1.64. The standard InChI is InChI=1S/C17H26N2O/c1-7-12(2)13(3)18-19-16(20)14-8-10-15(11-9-14)17(4,5)6/h8-12H,7H2,1-6H3,(H,19,20)/b18-13-/t12-/m0/s1. The van der Waals surface area contributed by atoms with Crippen LogP contribution in [0.25, 0.3) is 0 Å². The molecule has 1 atom stereocenters. The van der Waals surface area contributed by atoms with E-state index >= 15 is 0 Å². The first-order chi connectivity index (χ1) is 9.25. The van der Waals surface area contributed by atoms with E-state index in [0.29, 0.717) is 11.5 Å². The van der Waals surface area contributed by atoms with Gasteiger partial charge in [0, 0.05) is 11.3 Å². The predicted molar refractivity (Wildman–Crippen MR) is 85.2 cm³/mol. The van der Waals surface area contributed by atoms with Crippen LogP contribution >= 0.6 is 0 Å². The Bertz CT molecular complexity index is 481. The second-order valence-corrected chi connectivity index (χ2v) is 6.33. The van der Waals surface area contributed by atoms with E-state index in [9.17, 15) is 4.79 Å². The molecule has 0 aromatic heterocycles. The molecule has 110 valence electrons. The first-order valence-corrected chi connectivity index (χ1v) is 7.20. The lowest BCUT2D eigenvalue weighted by Crippen LogP contribution is -2.21. The SMILES string of the molecule is CC[C@H](C)/C(C)=N\NC(=O)c1ccc(C(C)(C)C)cc1. The van der Waals surface area contributed by atoms with Crippen LogP contribution in [0.3, 0.4) is 0 Å². The fourth-order valence-electron chi connectivity index (χ4n) is 1.73. The molecule has 0 saturated carbocycles. The number of hydrogen-bond donors (Lipinski definition) is 1. The van der Waals surface area contributed by atoms with Crippen LogP contribution in [0.1, 0.15) is 63.9 Å². The highest BCUT2D eigenvalue weighted by Gasteiger charge is 2.14. The zero-order valence-electron chi connectivity index (χ0n) is 13.4. The number of hydrogen-bond acceptors (Lipinski definition) is 2. The van der Waals surface area contributed by atoms with Crippen LogP contribution in [0.15, 0.2) is 29.4 Å². The van der Waals surface area contributed by atoms with Crippen molar-refractivity contribution in [2.24, 2.45) is 11.0 Å². The van der Waals surface area contributed by atoms with Crippen molar-refractivity contribution in [2.75, 3.05) is 0 Å². The Morgan fingerprint density at radius 1 is 1.25 bits per heavy atom. The van der Waals surface area contributed by atoms with Crippen molar-refractivity contribution in [3.63, 3.8) is 0 Å². The van der Waals surface area contributed by atoms with Gasteiger partial charge in [-0.05, 0) is 42.4 Å². The van der Waals surface area contributed by atoms with E-state index in [1.165, 1.54) is 5.56 Å². The Morgan fingerprint density at radius 2 is 1.80 bits per heavy atom. The van der Waals surface area contributed by atoms with Crippen molar-refractivity contribution in [3.05, 3.63) is 35.4 Å². The van der Waals surface area contributed by atoms with Gasteiger partial charge in [0.1, 0.15) is 0 Å². The number of hydrazone groups is 1. The molecule has 3 heteroatoms. The van der Waals surface area contributed by atoms with Crippen LogP contribution in [0, 0.1) is 5.92 Å². The van der Waals surface area contributed by atoms with E-state index < -0.39 is 0 Å². The van der Waals surface area contributed by atoms with Crippen molar-refractivity contribution >= 4 is 11.6 Å². The molecule has 0 fully saturated rings. The van der Waals surface area contributed by atoms with Gasteiger partial charge in [-0.2, -0.15) is 5.10 Å². The third-order valence-electron chi connectivity index (χ3n) is 3.67. The number of carbonyl (C=O) groups is 1. The van der Waals surface area contributed by atoms with Gasteiger partial charge in [-0.15, -0.1) is 0 Å². The predicted octanol–water partition coefficient (Wildman–Crippen LogP) is 4.14. The first-order valence-electron chi connectivity index (χ1n) is 7.20. The van der Waals surface area contributed by atoms with Crippen molar-refractivity contribution < 1.29 is 4.79 Å². The van der Waals surface area contributed by atoms with Crippen molar-refractivity contribution in [1.29, 1.82) is 0 Å². The molecule has 0 unspecified atom stereocenters. The monoisotopic (exact) mass is 274 g/mol. The largest absolute Gasteiger partial charge is 0.271 e. The lowest BCUT2D eigenvalue weighted by Gasteiger charge is -2.18. The van der Waals surface area contributed by atoms with Gasteiger partial charge in [0.05, 0.1) is 0 Å². The lowest BCUT2D eigenvalue weighted by atomic mass is 9.87. The number of nitrogens with one attached hydrogen (secondary N) is 1. The minimum Gasteiger partial charge on any atom is -0.267 e. The molecule has 0 heterocycles. The number of carbonyl (C=O) groups excluding carboxylic acids is 1. The van der Waals surface area contributed by atoms with Crippen LogP contribution in [-0.2, 0) is 5.41 Å². The van der Waals surface area contributed by atoms with Crippen molar-refractivity contribution in [3.8, 4) is 0 Å². The summed E-state index contributed by atoms with van der Waals surface area (Å²) in [5.41, 5.74) is 5.52. The number of amides is 1. The molecule has 1 N–H and O–H groups in total. The molecule has 0 bridgehead atoms. The Labute approximate surface area is 122 Å². The average molecular weight is 274 g/mol. The van der Waals surface area contributed by atoms with Crippen molar-refractivity contribution in [2.45, 2.75) is 53.4 Å². The smallest absolute Gasteiger partial charge is 0.267 e. The summed E-state index contributed by atoms with van der Waals surface area (Å²) in [5, 5.41) is 4.16. The zero-order valence-corrected chi connectivity index (χ0v) is 13.4. The molecular formula is C17H26N2O. The summed E-state index contributed by atoms with van der Waals surface area (Å²) < 4.78 is 0. The molecule has 0 aliphatic heterocycles. The summed E-state index contributed by atoms with van der Waals surface area (Å²) in [6.07, 6.45) is 1.02. The normalized spacial score (nSPS) is 14.0. The Kier molecular flexibility index (Phi) is 5.49. The molecule has 1 aromatic carbocycles. The minimum atomic E-state index is -0.159. The quantitative estimate of drug-likeness (QED) is 0.651. The third kappa shape index (κ3) is 4.48. The van der Waals surface area contributed by atoms with Gasteiger partial charge < -0.3 is 0 Å². The molecule has 0 aliphatic rings. The third-order valence-corrected chi connectivity index (χ3v) is 3.67. The molecule has 0 saturated heterocycles. The maximum atomic E-state index is 12.0. The molecule has 0 spiro atoms. The van der Waals surface area contributed by atoms with Crippen LogP contribution in [0.4, 0.5) is 0 Å². The number of rotatable bonds is 4. The molecule has 3 nitrogen and oxygen atoms in total. The summed E-state index contributed by atoms with van der Waals surface area (Å²) in [7, 11) is 0. The molecule has 1 rings (SSSR count). The maximum absolute atomic E-state index is 12.0. The second-order valence-electron chi connectivity index (χ2n) is 6.33. The number of benzene rings is 1. The van der Waals surface area contributed by atoms with Gasteiger partial charge in [0.15, 0.2) is 0 Å². The van der Waals surface area contributed by atoms with E-state index in [2.05, 4.69) is 45.1 Å². The lowest BCUT2D eigenvalue weighted by molar-refractivity contribution is 0.0954. The van der Waals surface area contributed by atoms with Crippen LogP contribution in [-0.4, -0.2) is 11.6 Å². The minimum absolute atomic E-state index is 0.0975. The molecule has 0 aliphatic carbocycles. The second kappa shape index (κ2) is 6.69. The van der Waals surface area contributed by atoms with Crippen LogP contribution < -0.4 is 5.43 Å². The number of nitrogens with zero attached hydrogens (tertiary/aromatic N) is 1. The van der Waals surface area contributed by atoms with Crippen LogP contribution in [0.5, 0.6) is 0 Å². The fourth-order valence-corrected chi connectivity index (χ4v) is 1.73. The molecular weight excluding hydrogens is 248 g/mol. The topological polar surface area (TPSA) is 41.5 Å². The summed E-state index contributed by atoms with van der Waals surface area (Å²) >= 11 is 0. The highest BCUT2D eigenvalue weighted by molar-refractivity contribution is 5.95. The summed E-state index contributed by atoms with van der Waals surface area (Å²) in [6, 6.07) is 7.70. The van der Waals surface area contributed by atoms with Gasteiger partial charge >= 0.3 is 0 Å². The van der Waals surface area contributed by atoms with E-state index in [1.807, 2.05) is 31.2 Å². The van der Waals surface area contributed by atoms with E-state index in [4.69, 9.17) is 0 Å². The molecule has 1 aromatic rings. The van der Waals surface area contributed by atoms with E-state index in [1.54, 1.807) is 0 Å². The first kappa shape index (κ1) is 16.4. The van der Waals surface area contributed by atoms with Gasteiger partial charge in [-0.1, -0.05) is 46.8 Å². The summed E-state index contributed by atoms with van der Waals surface area (Å²) in [5.74, 6) is 0.228. The van der Waals surface area contributed by atoms with Crippen molar-refractivity contribution in [1.82, 2.24) is 5.43 Å². The van der Waals surface area contributed by atoms with E-state index in [-0.39, 0.29) is 11.3 Å². The summed E-state index contributed by atoms with van der Waals surface area (Å²) in [6.45, 7) is 12.6. The van der Waals surface area contributed by atoms with Gasteiger partial charge in [-0.3, -0.25) is 4.79 Å². The van der Waals surface area contributed by atoms with Gasteiger partial charge in [0.25, 0.3) is 5.91 Å².